The highest BCUT2D eigenvalue weighted by Crippen LogP contribution is 2.53. The zero-order valence-corrected chi connectivity index (χ0v) is 35.7. The molecule has 0 saturated carbocycles. The van der Waals surface area contributed by atoms with Gasteiger partial charge in [-0.2, -0.15) is 0 Å². The van der Waals surface area contributed by atoms with Crippen LogP contribution in [0.25, 0.3) is 0 Å². The summed E-state index contributed by atoms with van der Waals surface area (Å²) in [6, 6.07) is -3.63. The van der Waals surface area contributed by atoms with Gasteiger partial charge < -0.3 is 76.0 Å². The number of fused-ring (bicyclic) bond motifs is 1. The van der Waals surface area contributed by atoms with Gasteiger partial charge in [0.1, 0.15) is 93.4 Å². The minimum atomic E-state index is -5.08. The molecule has 0 amide bonds. The van der Waals surface area contributed by atoms with E-state index in [-0.39, 0.29) is 57.9 Å². The second-order valence-corrected chi connectivity index (χ2v) is 18.0. The topological polar surface area (TPSA) is 231 Å². The summed E-state index contributed by atoms with van der Waals surface area (Å²) in [7, 11) is 12.9. The fourth-order valence-corrected chi connectivity index (χ4v) is 8.27. The second kappa shape index (κ2) is 23.2. The maximum absolute atomic E-state index is 15.1. The van der Waals surface area contributed by atoms with Gasteiger partial charge in [-0.3, -0.25) is 9.13 Å². The van der Waals surface area contributed by atoms with E-state index >= 15 is 4.39 Å². The third-order valence-corrected chi connectivity index (χ3v) is 10.7. The van der Waals surface area contributed by atoms with Crippen LogP contribution in [0.1, 0.15) is 75.7 Å². The van der Waals surface area contributed by atoms with Gasteiger partial charge in [0, 0.05) is 24.0 Å². The van der Waals surface area contributed by atoms with Gasteiger partial charge in [0.05, 0.1) is 37.6 Å². The third-order valence-electron chi connectivity index (χ3n) is 8.71. The largest absolute Gasteiger partial charge is 0.756 e. The van der Waals surface area contributed by atoms with Crippen LogP contribution in [-0.4, -0.2) is 177 Å². The van der Waals surface area contributed by atoms with E-state index in [0.717, 1.165) is 0 Å². The number of rotatable bonds is 16. The van der Waals surface area contributed by atoms with Crippen molar-refractivity contribution in [2.75, 3.05) is 26.4 Å². The molecule has 0 bridgehead atoms. The third kappa shape index (κ3) is 16.5. The molecular weight excluding hydrogens is 828 g/mol. The van der Waals surface area contributed by atoms with Crippen LogP contribution < -0.4 is 9.79 Å². The zero-order valence-electron chi connectivity index (χ0n) is 33.9. The van der Waals surface area contributed by atoms with E-state index in [9.17, 15) is 28.4 Å². The summed E-state index contributed by atoms with van der Waals surface area (Å²) in [5.74, 6) is -4.71. The molecule has 6 unspecified atom stereocenters. The van der Waals surface area contributed by atoms with Crippen LogP contribution in [0, 0.1) is 0 Å². The van der Waals surface area contributed by atoms with E-state index in [0.29, 0.717) is 0 Å². The minimum absolute atomic E-state index is 0. The highest BCUT2D eigenvalue weighted by molar-refractivity contribution is 7.46. The smallest absolute Gasteiger partial charge is 0.268 e. The summed E-state index contributed by atoms with van der Waals surface area (Å²) in [4.78, 5) is 23.4. The lowest BCUT2D eigenvalue weighted by molar-refractivity contribution is -0.252. The predicted molar refractivity (Wildman–Crippen MR) is 205 cm³/mol. The molecule has 0 aromatic heterocycles. The van der Waals surface area contributed by atoms with Crippen molar-refractivity contribution in [1.82, 2.24) is 0 Å². The first-order valence-corrected chi connectivity index (χ1v) is 21.8. The Kier molecular flexibility index (Phi) is 21.7. The highest BCUT2D eigenvalue weighted by Gasteiger charge is 2.53. The van der Waals surface area contributed by atoms with Crippen molar-refractivity contribution in [2.24, 2.45) is 0 Å². The van der Waals surface area contributed by atoms with Crippen LogP contribution in [0.5, 0.6) is 0 Å². The van der Waals surface area contributed by atoms with Gasteiger partial charge in [-0.05, 0) is 68.2 Å². The van der Waals surface area contributed by atoms with Gasteiger partial charge in [0.15, 0.2) is 0 Å². The van der Waals surface area contributed by atoms with Crippen LogP contribution in [-0.2, 0) is 65.1 Å². The number of halogens is 2. The lowest BCUT2D eigenvalue weighted by Gasteiger charge is -2.33. The zero-order chi connectivity index (χ0) is 44.0. The Bertz CT molecular complexity index is 1370. The molecule has 0 aromatic carbocycles. The molecule has 5 aliphatic heterocycles. The van der Waals surface area contributed by atoms with Crippen molar-refractivity contribution >= 4 is 47.0 Å². The molecule has 26 heteroatoms. The Morgan fingerprint density at radius 2 is 1.25 bits per heavy atom. The number of alkyl halides is 2. The summed E-state index contributed by atoms with van der Waals surface area (Å²) in [6.45, 7) is 12.7. The van der Waals surface area contributed by atoms with Crippen molar-refractivity contribution in [2.45, 2.75) is 185 Å². The standard InChI is InChI=1S/C16H28B2FO9P.C8H14BFO3.C8H14BO6P.CH4/c1-8(2)23-6-10-14(13(20)15(18)26-10)28-29(21,22)24-7-16(19)11(25-9(3)4)5-12(17)27-16;1-5(2)12-6-3-7(9)13-8(6,10)4-11;1-4(2)12-3-5-6-7(8(9)13-5)15-16(10,11)14-6;/h8-15,20H,5-7H2,1-4H3,(H,21,22);5-7,11H,3-4H2,1-2H3;4-8H,3H2,1-2H3,(H,10,11);1H4/p-2/t10-,11?,12-,13+,14?,15-,16-;6?,7-,8-;5-,6?,7+,8-;/m111./s1. The van der Waals surface area contributed by atoms with Crippen LogP contribution in [0.3, 0.4) is 0 Å². The lowest BCUT2D eigenvalue weighted by atomic mass is 9.93. The van der Waals surface area contributed by atoms with E-state index < -0.39 is 113 Å². The van der Waals surface area contributed by atoms with Crippen molar-refractivity contribution in [3.63, 3.8) is 0 Å². The summed E-state index contributed by atoms with van der Waals surface area (Å²) < 4.78 is 113. The number of phosphoric ester groups is 2. The summed E-state index contributed by atoms with van der Waals surface area (Å²) in [5, 5.41) is 18.9. The Morgan fingerprint density at radius 1 is 0.797 bits per heavy atom. The monoisotopic (exact) mass is 886 g/mol. The van der Waals surface area contributed by atoms with E-state index in [1.54, 1.807) is 41.5 Å². The number of ether oxygens (including phenoxy) is 8. The fraction of sp³-hybridized carbons (Fsp3) is 1.00. The average Bonchev–Trinajstić information content (AvgIpc) is 3.82. The van der Waals surface area contributed by atoms with Gasteiger partial charge >= 0.3 is 0 Å². The second-order valence-electron chi connectivity index (χ2n) is 15.3. The molecule has 5 heterocycles. The van der Waals surface area contributed by atoms with Gasteiger partial charge in [0.2, 0.25) is 0 Å². The Morgan fingerprint density at radius 3 is 1.75 bits per heavy atom. The first-order chi connectivity index (χ1) is 26.7. The number of hydrogen-bond donors (Lipinski definition) is 2. The highest BCUT2D eigenvalue weighted by atomic mass is 31.2. The number of aliphatic hydroxyl groups excluding tert-OH is 2. The molecule has 18 nitrogen and oxygen atoms in total. The van der Waals surface area contributed by atoms with Crippen LogP contribution in [0.2, 0.25) is 0 Å². The first-order valence-electron chi connectivity index (χ1n) is 18.9. The van der Waals surface area contributed by atoms with Crippen LogP contribution >= 0.6 is 15.6 Å². The van der Waals surface area contributed by atoms with Crippen LogP contribution in [0.15, 0.2) is 0 Å². The molecule has 0 aliphatic carbocycles. The summed E-state index contributed by atoms with van der Waals surface area (Å²) in [6.07, 6.45) is -7.92. The van der Waals surface area contributed by atoms with E-state index in [1.165, 1.54) is 0 Å². The maximum Gasteiger partial charge on any atom is 0.268 e. The Labute approximate surface area is 351 Å². The van der Waals surface area contributed by atoms with Crippen molar-refractivity contribution in [3.05, 3.63) is 0 Å². The SMILES string of the molecule is C.[B][C@@H]1O[C@H](COC(C)C)C(OP(=O)([O-])OC[C@@]2(F)O[C@@H]([B])CC2OC(C)C)[C@@H]1O.[B][C@@H]1O[C@H](COC(C)C)C2OP(=O)([O-])O[C@@H]21.[B][C@H]1CC(OC(C)C)[C@@](F)(CO)O1. The van der Waals surface area contributed by atoms with Gasteiger partial charge in [0.25, 0.3) is 27.4 Å². The number of phosphoric acid groups is 2. The summed E-state index contributed by atoms with van der Waals surface area (Å²) in [5.41, 5.74) is 0. The molecule has 0 spiro atoms. The quantitative estimate of drug-likeness (QED) is 0.158. The van der Waals surface area contributed by atoms with Gasteiger partial charge in [-0.1, -0.05) is 7.43 Å². The molecular formula is C33H58B4F2O18P2-2. The molecule has 5 rings (SSSR count). The minimum Gasteiger partial charge on any atom is -0.756 e. The van der Waals surface area contributed by atoms with Gasteiger partial charge in [-0.25, -0.2) is 8.78 Å². The molecule has 0 aromatic rings. The average molecular weight is 886 g/mol. The lowest BCUT2D eigenvalue weighted by Crippen LogP contribution is -2.43. The van der Waals surface area contributed by atoms with Crippen molar-refractivity contribution in [3.8, 4) is 0 Å². The van der Waals surface area contributed by atoms with Crippen molar-refractivity contribution < 1.29 is 93.9 Å². The maximum atomic E-state index is 15.1. The Balaban J connectivity index is 0.000000336. The molecule has 2 N–H and O–H groups in total. The van der Waals surface area contributed by atoms with E-state index in [4.69, 9.17) is 88.0 Å². The van der Waals surface area contributed by atoms with E-state index in [1.807, 2.05) is 13.8 Å². The predicted octanol–water partition coefficient (Wildman–Crippen LogP) is 0.457. The number of aliphatic hydroxyl groups is 2. The molecule has 336 valence electrons. The van der Waals surface area contributed by atoms with Gasteiger partial charge in [-0.15, -0.1) is 0 Å². The van der Waals surface area contributed by atoms with E-state index in [2.05, 4.69) is 4.52 Å². The fourth-order valence-electron chi connectivity index (χ4n) is 6.18. The molecule has 5 aliphatic rings. The molecule has 8 radical (unpaired) electrons. The van der Waals surface area contributed by atoms with Crippen LogP contribution in [0.4, 0.5) is 8.78 Å². The van der Waals surface area contributed by atoms with Crippen molar-refractivity contribution in [1.29, 1.82) is 0 Å². The normalized spacial score (nSPS) is 41.4. The number of hydrogen-bond acceptors (Lipinski definition) is 18. The molecule has 5 saturated heterocycles. The Hall–Kier alpha value is -0.0603. The summed E-state index contributed by atoms with van der Waals surface area (Å²) >= 11 is 0. The first kappa shape index (κ1) is 55.1. The molecule has 16 atom stereocenters. The molecule has 59 heavy (non-hydrogen) atoms. The molecule has 5 fully saturated rings.